The van der Waals surface area contributed by atoms with Gasteiger partial charge in [-0.3, -0.25) is 4.79 Å². The molecule has 2 rings (SSSR count). The summed E-state index contributed by atoms with van der Waals surface area (Å²) in [4.78, 5) is 11.6. The first-order valence-corrected chi connectivity index (χ1v) is 5.45. The van der Waals surface area contributed by atoms with Crippen LogP contribution in [0.4, 0.5) is 0 Å². The van der Waals surface area contributed by atoms with E-state index in [9.17, 15) is 4.79 Å². The van der Waals surface area contributed by atoms with Crippen LogP contribution in [-0.4, -0.2) is 17.5 Å². The normalized spacial score (nSPS) is 19.9. The number of halogens is 1. The molecule has 2 nitrogen and oxygen atoms in total. The van der Waals surface area contributed by atoms with Gasteiger partial charge in [0.1, 0.15) is 0 Å². The lowest BCUT2D eigenvalue weighted by Gasteiger charge is -2.07. The molecule has 1 atom stereocenters. The molecule has 0 radical (unpaired) electrons. The molecule has 0 bridgehead atoms. The molecule has 0 fully saturated rings. The molecule has 0 unspecified atom stereocenters. The number of carbonyl (C=O) groups excluding carboxylic acids is 1. The van der Waals surface area contributed by atoms with E-state index < -0.39 is 0 Å². The van der Waals surface area contributed by atoms with Crippen LogP contribution in [0.2, 0.25) is 0 Å². The number of aliphatic hydroxyl groups is 1. The number of rotatable bonds is 2. The van der Waals surface area contributed by atoms with Gasteiger partial charge in [-0.05, 0) is 30.0 Å². The standard InChI is InChI=1S/C11H11BrO2/c12-8-1-2-9-7(3-4-13)5-11(14)10(9)6-8/h1-2,6-7,13H,3-5H2/t7-/m1/s1. The molecule has 1 N–H and O–H groups in total. The third kappa shape index (κ3) is 1.62. The summed E-state index contributed by atoms with van der Waals surface area (Å²) in [6, 6.07) is 5.79. The highest BCUT2D eigenvalue weighted by molar-refractivity contribution is 9.10. The number of hydrogen-bond donors (Lipinski definition) is 1. The fourth-order valence-corrected chi connectivity index (χ4v) is 2.34. The van der Waals surface area contributed by atoms with Crippen LogP contribution in [0.3, 0.4) is 0 Å². The fourth-order valence-electron chi connectivity index (χ4n) is 1.98. The minimum Gasteiger partial charge on any atom is -0.396 e. The molecule has 14 heavy (non-hydrogen) atoms. The van der Waals surface area contributed by atoms with E-state index in [-0.39, 0.29) is 18.3 Å². The van der Waals surface area contributed by atoms with E-state index >= 15 is 0 Å². The van der Waals surface area contributed by atoms with Gasteiger partial charge in [0, 0.05) is 23.1 Å². The van der Waals surface area contributed by atoms with Crippen LogP contribution in [0, 0.1) is 0 Å². The Balaban J connectivity index is 2.39. The number of fused-ring (bicyclic) bond motifs is 1. The Morgan fingerprint density at radius 1 is 1.50 bits per heavy atom. The highest BCUT2D eigenvalue weighted by Crippen LogP contribution is 2.36. The summed E-state index contributed by atoms with van der Waals surface area (Å²) in [6.45, 7) is 0.146. The second kappa shape index (κ2) is 3.83. The molecule has 0 aromatic heterocycles. The average molecular weight is 255 g/mol. The molecule has 1 aromatic rings. The monoisotopic (exact) mass is 254 g/mol. The third-order valence-electron chi connectivity index (χ3n) is 2.66. The first kappa shape index (κ1) is 9.87. The summed E-state index contributed by atoms with van der Waals surface area (Å²) in [5.74, 6) is 0.412. The van der Waals surface area contributed by atoms with Crippen molar-refractivity contribution >= 4 is 21.7 Å². The van der Waals surface area contributed by atoms with Crippen LogP contribution in [-0.2, 0) is 0 Å². The van der Waals surface area contributed by atoms with E-state index in [1.807, 2.05) is 18.2 Å². The molecule has 0 spiro atoms. The summed E-state index contributed by atoms with van der Waals surface area (Å²) in [6.07, 6.45) is 1.23. The fraction of sp³-hybridized carbons (Fsp3) is 0.364. The van der Waals surface area contributed by atoms with Crippen LogP contribution in [0.25, 0.3) is 0 Å². The van der Waals surface area contributed by atoms with Crippen molar-refractivity contribution in [1.29, 1.82) is 0 Å². The van der Waals surface area contributed by atoms with Crippen LogP contribution in [0.15, 0.2) is 22.7 Å². The van der Waals surface area contributed by atoms with Crippen molar-refractivity contribution in [2.45, 2.75) is 18.8 Å². The molecule has 74 valence electrons. The van der Waals surface area contributed by atoms with Gasteiger partial charge in [0.25, 0.3) is 0 Å². The summed E-state index contributed by atoms with van der Waals surface area (Å²) in [7, 11) is 0. The quantitative estimate of drug-likeness (QED) is 0.881. The van der Waals surface area contributed by atoms with Gasteiger partial charge >= 0.3 is 0 Å². The highest BCUT2D eigenvalue weighted by Gasteiger charge is 2.28. The number of benzene rings is 1. The average Bonchev–Trinajstić information content (AvgIpc) is 2.44. The van der Waals surface area contributed by atoms with Gasteiger partial charge in [0.2, 0.25) is 0 Å². The van der Waals surface area contributed by atoms with Gasteiger partial charge in [0.15, 0.2) is 5.78 Å². The Labute approximate surface area is 91.1 Å². The second-order valence-corrected chi connectivity index (χ2v) is 4.48. The lowest BCUT2D eigenvalue weighted by atomic mass is 9.98. The van der Waals surface area contributed by atoms with Gasteiger partial charge < -0.3 is 5.11 Å². The maximum absolute atomic E-state index is 11.6. The van der Waals surface area contributed by atoms with Gasteiger partial charge in [0.05, 0.1) is 0 Å². The van der Waals surface area contributed by atoms with E-state index in [4.69, 9.17) is 5.11 Å². The predicted molar refractivity (Wildman–Crippen MR) is 57.5 cm³/mol. The topological polar surface area (TPSA) is 37.3 Å². The molecule has 0 saturated carbocycles. The molecule has 1 aliphatic rings. The largest absolute Gasteiger partial charge is 0.396 e. The highest BCUT2D eigenvalue weighted by atomic mass is 79.9. The summed E-state index contributed by atoms with van der Waals surface area (Å²) >= 11 is 3.35. The van der Waals surface area contributed by atoms with E-state index in [0.717, 1.165) is 15.6 Å². The number of ketones is 1. The SMILES string of the molecule is O=C1C[C@@H](CCO)c2ccc(Br)cc21. The second-order valence-electron chi connectivity index (χ2n) is 3.57. The minimum atomic E-state index is 0.146. The Morgan fingerprint density at radius 2 is 2.29 bits per heavy atom. The zero-order valence-corrected chi connectivity index (χ0v) is 9.25. The minimum absolute atomic E-state index is 0.146. The maximum Gasteiger partial charge on any atom is 0.163 e. The van der Waals surface area contributed by atoms with Crippen molar-refractivity contribution in [3.8, 4) is 0 Å². The van der Waals surface area contributed by atoms with E-state index in [2.05, 4.69) is 15.9 Å². The Hall–Kier alpha value is -0.670. The van der Waals surface area contributed by atoms with Crippen LogP contribution in [0.1, 0.15) is 34.7 Å². The molecular formula is C11H11BrO2. The molecule has 1 aromatic carbocycles. The van der Waals surface area contributed by atoms with Crippen LogP contribution < -0.4 is 0 Å². The zero-order valence-electron chi connectivity index (χ0n) is 7.66. The number of Topliss-reactive ketones (excluding diaryl/α,β-unsaturated/α-hetero) is 1. The Morgan fingerprint density at radius 3 is 3.00 bits per heavy atom. The van der Waals surface area contributed by atoms with Crippen molar-refractivity contribution in [1.82, 2.24) is 0 Å². The molecular weight excluding hydrogens is 244 g/mol. The van der Waals surface area contributed by atoms with E-state index in [0.29, 0.717) is 12.8 Å². The Kier molecular flexibility index (Phi) is 2.70. The lowest BCUT2D eigenvalue weighted by molar-refractivity contribution is 0.0986. The first-order valence-electron chi connectivity index (χ1n) is 4.66. The smallest absolute Gasteiger partial charge is 0.163 e. The van der Waals surface area contributed by atoms with E-state index in [1.165, 1.54) is 0 Å². The molecule has 0 aliphatic heterocycles. The van der Waals surface area contributed by atoms with Crippen LogP contribution >= 0.6 is 15.9 Å². The molecule has 1 aliphatic carbocycles. The molecule has 0 heterocycles. The van der Waals surface area contributed by atoms with Crippen molar-refractivity contribution in [2.75, 3.05) is 6.61 Å². The van der Waals surface area contributed by atoms with Gasteiger partial charge in [-0.1, -0.05) is 22.0 Å². The van der Waals surface area contributed by atoms with Crippen molar-refractivity contribution in [3.63, 3.8) is 0 Å². The first-order chi connectivity index (χ1) is 6.72. The number of hydrogen-bond acceptors (Lipinski definition) is 2. The van der Waals surface area contributed by atoms with Gasteiger partial charge in [-0.2, -0.15) is 0 Å². The van der Waals surface area contributed by atoms with Crippen molar-refractivity contribution in [3.05, 3.63) is 33.8 Å². The maximum atomic E-state index is 11.6. The molecule has 0 amide bonds. The third-order valence-corrected chi connectivity index (χ3v) is 3.16. The van der Waals surface area contributed by atoms with Gasteiger partial charge in [-0.15, -0.1) is 0 Å². The predicted octanol–water partition coefficient (Wildman–Crippen LogP) is 2.50. The van der Waals surface area contributed by atoms with Gasteiger partial charge in [-0.25, -0.2) is 0 Å². The zero-order chi connectivity index (χ0) is 10.1. The summed E-state index contributed by atoms with van der Waals surface area (Å²) in [5, 5.41) is 8.87. The van der Waals surface area contributed by atoms with Crippen molar-refractivity contribution in [2.24, 2.45) is 0 Å². The summed E-state index contributed by atoms with van der Waals surface area (Å²) < 4.78 is 0.939. The Bertz CT molecular complexity index is 374. The summed E-state index contributed by atoms with van der Waals surface area (Å²) in [5.41, 5.74) is 1.91. The van der Waals surface area contributed by atoms with Crippen molar-refractivity contribution < 1.29 is 9.90 Å². The molecule has 3 heteroatoms. The van der Waals surface area contributed by atoms with Crippen LogP contribution in [0.5, 0.6) is 0 Å². The lowest BCUT2D eigenvalue weighted by Crippen LogP contribution is -1.97. The van der Waals surface area contributed by atoms with E-state index in [1.54, 1.807) is 0 Å². The number of aliphatic hydroxyl groups excluding tert-OH is 1. The number of carbonyl (C=O) groups is 1. The molecule has 0 saturated heterocycles.